The van der Waals surface area contributed by atoms with Crippen LogP contribution in [-0.2, 0) is 6.42 Å². The molecule has 14 heavy (non-hydrogen) atoms. The SMILES string of the molecule is Cc1cccc2occ(CC(C)N)c12. The molecule has 1 aromatic heterocycles. The van der Waals surface area contributed by atoms with Crippen LogP contribution in [-0.4, -0.2) is 6.04 Å². The highest BCUT2D eigenvalue weighted by Crippen LogP contribution is 2.25. The molecular formula is C12H15NO. The van der Waals surface area contributed by atoms with Crippen molar-refractivity contribution in [2.24, 2.45) is 5.73 Å². The first kappa shape index (κ1) is 9.28. The summed E-state index contributed by atoms with van der Waals surface area (Å²) in [4.78, 5) is 0. The Labute approximate surface area is 83.7 Å². The van der Waals surface area contributed by atoms with Crippen molar-refractivity contribution >= 4 is 11.0 Å². The van der Waals surface area contributed by atoms with Crippen LogP contribution in [0, 0.1) is 6.92 Å². The van der Waals surface area contributed by atoms with Crippen molar-refractivity contribution in [2.45, 2.75) is 26.3 Å². The third kappa shape index (κ3) is 1.53. The lowest BCUT2D eigenvalue weighted by atomic mass is 10.0. The van der Waals surface area contributed by atoms with Gasteiger partial charge in [0.05, 0.1) is 6.26 Å². The molecule has 2 aromatic rings. The molecule has 2 nitrogen and oxygen atoms in total. The summed E-state index contributed by atoms with van der Waals surface area (Å²) in [6.45, 7) is 4.11. The molecule has 0 amide bonds. The predicted octanol–water partition coefficient (Wildman–Crippen LogP) is 2.63. The van der Waals surface area contributed by atoms with Crippen molar-refractivity contribution in [2.75, 3.05) is 0 Å². The minimum atomic E-state index is 0.176. The molecule has 0 saturated heterocycles. The number of furan rings is 1. The van der Waals surface area contributed by atoms with E-state index < -0.39 is 0 Å². The zero-order chi connectivity index (χ0) is 10.1. The molecule has 0 aliphatic rings. The van der Waals surface area contributed by atoms with E-state index in [0.29, 0.717) is 0 Å². The van der Waals surface area contributed by atoms with Gasteiger partial charge >= 0.3 is 0 Å². The maximum absolute atomic E-state index is 5.78. The zero-order valence-electron chi connectivity index (χ0n) is 8.58. The molecule has 2 N–H and O–H groups in total. The van der Waals surface area contributed by atoms with Gasteiger partial charge in [0.2, 0.25) is 0 Å². The highest BCUT2D eigenvalue weighted by atomic mass is 16.3. The van der Waals surface area contributed by atoms with Crippen LogP contribution >= 0.6 is 0 Å². The number of rotatable bonds is 2. The van der Waals surface area contributed by atoms with Gasteiger partial charge in [-0.15, -0.1) is 0 Å². The number of hydrogen-bond donors (Lipinski definition) is 1. The summed E-state index contributed by atoms with van der Waals surface area (Å²) in [5.74, 6) is 0. The minimum absolute atomic E-state index is 0.176. The number of aryl methyl sites for hydroxylation is 1. The van der Waals surface area contributed by atoms with Crippen LogP contribution in [0.2, 0.25) is 0 Å². The molecule has 1 aromatic carbocycles. The Morgan fingerprint density at radius 3 is 2.93 bits per heavy atom. The molecule has 74 valence electrons. The number of fused-ring (bicyclic) bond motifs is 1. The summed E-state index contributed by atoms with van der Waals surface area (Å²) in [5, 5.41) is 1.23. The Bertz CT molecular complexity index is 443. The highest BCUT2D eigenvalue weighted by Gasteiger charge is 2.09. The molecule has 0 bridgehead atoms. The van der Waals surface area contributed by atoms with Gasteiger partial charge in [0.25, 0.3) is 0 Å². The normalized spacial score (nSPS) is 13.4. The van der Waals surface area contributed by atoms with Crippen LogP contribution in [0.4, 0.5) is 0 Å². The van der Waals surface area contributed by atoms with Crippen LogP contribution in [0.5, 0.6) is 0 Å². The highest BCUT2D eigenvalue weighted by molar-refractivity contribution is 5.84. The smallest absolute Gasteiger partial charge is 0.134 e. The van der Waals surface area contributed by atoms with E-state index in [9.17, 15) is 0 Å². The quantitative estimate of drug-likeness (QED) is 0.788. The van der Waals surface area contributed by atoms with Crippen molar-refractivity contribution in [3.63, 3.8) is 0 Å². The fourth-order valence-electron chi connectivity index (χ4n) is 1.84. The molecule has 0 radical (unpaired) electrons. The summed E-state index contributed by atoms with van der Waals surface area (Å²) >= 11 is 0. The van der Waals surface area contributed by atoms with Gasteiger partial charge < -0.3 is 10.2 Å². The van der Waals surface area contributed by atoms with Crippen LogP contribution in [0.1, 0.15) is 18.1 Å². The number of hydrogen-bond acceptors (Lipinski definition) is 2. The molecule has 1 unspecified atom stereocenters. The molecule has 1 atom stereocenters. The Morgan fingerprint density at radius 1 is 1.43 bits per heavy atom. The first-order valence-electron chi connectivity index (χ1n) is 4.90. The number of nitrogens with two attached hydrogens (primary N) is 1. The van der Waals surface area contributed by atoms with Gasteiger partial charge in [-0.25, -0.2) is 0 Å². The van der Waals surface area contributed by atoms with Crippen molar-refractivity contribution in [1.82, 2.24) is 0 Å². The van der Waals surface area contributed by atoms with Gasteiger partial charge in [0.15, 0.2) is 0 Å². The maximum atomic E-state index is 5.78. The lowest BCUT2D eigenvalue weighted by Crippen LogP contribution is -2.17. The Morgan fingerprint density at radius 2 is 2.21 bits per heavy atom. The molecule has 0 spiro atoms. The van der Waals surface area contributed by atoms with E-state index in [2.05, 4.69) is 13.0 Å². The monoisotopic (exact) mass is 189 g/mol. The van der Waals surface area contributed by atoms with E-state index >= 15 is 0 Å². The summed E-state index contributed by atoms with van der Waals surface area (Å²) in [7, 11) is 0. The average molecular weight is 189 g/mol. The maximum Gasteiger partial charge on any atom is 0.134 e. The van der Waals surface area contributed by atoms with Gasteiger partial charge in [-0.2, -0.15) is 0 Å². The molecule has 2 rings (SSSR count). The summed E-state index contributed by atoms with van der Waals surface area (Å²) < 4.78 is 5.48. The van der Waals surface area contributed by atoms with Crippen molar-refractivity contribution in [1.29, 1.82) is 0 Å². The summed E-state index contributed by atoms with van der Waals surface area (Å²) in [5.41, 5.74) is 9.21. The van der Waals surface area contributed by atoms with Crippen molar-refractivity contribution < 1.29 is 4.42 Å². The molecule has 0 aliphatic carbocycles. The van der Waals surface area contributed by atoms with Gasteiger partial charge in [0, 0.05) is 11.4 Å². The Balaban J connectivity index is 2.55. The fourth-order valence-corrected chi connectivity index (χ4v) is 1.84. The number of benzene rings is 1. The topological polar surface area (TPSA) is 39.2 Å². The van der Waals surface area contributed by atoms with E-state index in [1.165, 1.54) is 16.5 Å². The van der Waals surface area contributed by atoms with Gasteiger partial charge in [-0.1, -0.05) is 12.1 Å². The van der Waals surface area contributed by atoms with E-state index in [1.807, 2.05) is 25.3 Å². The van der Waals surface area contributed by atoms with E-state index in [0.717, 1.165) is 12.0 Å². The van der Waals surface area contributed by atoms with Gasteiger partial charge in [-0.3, -0.25) is 0 Å². The van der Waals surface area contributed by atoms with Gasteiger partial charge in [0.1, 0.15) is 5.58 Å². The molecular weight excluding hydrogens is 174 g/mol. The Hall–Kier alpha value is -1.28. The second-order valence-electron chi connectivity index (χ2n) is 3.89. The predicted molar refractivity (Wildman–Crippen MR) is 58.3 cm³/mol. The minimum Gasteiger partial charge on any atom is -0.464 e. The summed E-state index contributed by atoms with van der Waals surface area (Å²) in [6, 6.07) is 6.28. The molecule has 1 heterocycles. The lowest BCUT2D eigenvalue weighted by Gasteiger charge is -2.03. The van der Waals surface area contributed by atoms with E-state index in [-0.39, 0.29) is 6.04 Å². The van der Waals surface area contributed by atoms with Crippen molar-refractivity contribution in [3.8, 4) is 0 Å². The second kappa shape index (κ2) is 3.46. The van der Waals surface area contributed by atoms with Crippen molar-refractivity contribution in [3.05, 3.63) is 35.6 Å². The van der Waals surface area contributed by atoms with Crippen LogP contribution in [0.15, 0.2) is 28.9 Å². The second-order valence-corrected chi connectivity index (χ2v) is 3.89. The zero-order valence-corrected chi connectivity index (χ0v) is 8.58. The van der Waals surface area contributed by atoms with E-state index in [4.69, 9.17) is 10.2 Å². The molecule has 2 heteroatoms. The van der Waals surface area contributed by atoms with Crippen LogP contribution < -0.4 is 5.73 Å². The van der Waals surface area contributed by atoms with Gasteiger partial charge in [-0.05, 0) is 37.5 Å². The van der Waals surface area contributed by atoms with E-state index in [1.54, 1.807) is 0 Å². The van der Waals surface area contributed by atoms with Crippen LogP contribution in [0.3, 0.4) is 0 Å². The molecule has 0 fully saturated rings. The summed E-state index contributed by atoms with van der Waals surface area (Å²) in [6.07, 6.45) is 2.69. The van der Waals surface area contributed by atoms with Crippen LogP contribution in [0.25, 0.3) is 11.0 Å². The Kier molecular flexibility index (Phi) is 2.30. The molecule has 0 aliphatic heterocycles. The first-order valence-corrected chi connectivity index (χ1v) is 4.90. The largest absolute Gasteiger partial charge is 0.464 e. The third-order valence-electron chi connectivity index (χ3n) is 2.43. The third-order valence-corrected chi connectivity index (χ3v) is 2.43. The lowest BCUT2D eigenvalue weighted by molar-refractivity contribution is 0.605. The first-order chi connectivity index (χ1) is 6.68. The fraction of sp³-hybridized carbons (Fsp3) is 0.333. The standard InChI is InChI=1S/C12H15NO/c1-8-4-3-5-11-12(8)10(7-14-11)6-9(2)13/h3-5,7,9H,6,13H2,1-2H3. The average Bonchev–Trinajstić information content (AvgIpc) is 2.49. The molecule has 0 saturated carbocycles.